The van der Waals surface area contributed by atoms with Crippen molar-refractivity contribution in [3.05, 3.63) is 59.2 Å². The molecule has 168 valence electrons. The molecule has 32 heavy (non-hydrogen) atoms. The van der Waals surface area contributed by atoms with Crippen molar-refractivity contribution in [2.24, 2.45) is 11.8 Å². The molecule has 0 radical (unpaired) electrons. The quantitative estimate of drug-likeness (QED) is 0.714. The van der Waals surface area contributed by atoms with Gasteiger partial charge in [-0.1, -0.05) is 19.9 Å². The van der Waals surface area contributed by atoms with E-state index in [1.54, 1.807) is 12.1 Å². The third kappa shape index (κ3) is 3.82. The lowest BCUT2D eigenvalue weighted by atomic mass is 9.94. The molecule has 3 amide bonds. The Labute approximate surface area is 187 Å². The number of amides is 3. The maximum atomic E-state index is 13.0. The van der Waals surface area contributed by atoms with Crippen molar-refractivity contribution in [2.45, 2.75) is 25.2 Å². The van der Waals surface area contributed by atoms with Crippen LogP contribution in [0.4, 0.5) is 5.69 Å². The maximum absolute atomic E-state index is 13.0. The molecule has 4 rings (SSSR count). The van der Waals surface area contributed by atoms with E-state index in [1.165, 1.54) is 41.7 Å². The molecule has 2 aromatic rings. The van der Waals surface area contributed by atoms with Crippen LogP contribution >= 0.6 is 0 Å². The molecule has 0 bridgehead atoms. The van der Waals surface area contributed by atoms with E-state index in [1.807, 2.05) is 13.8 Å². The van der Waals surface area contributed by atoms with Crippen LogP contribution in [0, 0.1) is 11.8 Å². The summed E-state index contributed by atoms with van der Waals surface area (Å²) in [5.74, 6) is -0.818. The summed E-state index contributed by atoms with van der Waals surface area (Å²) in [7, 11) is -2.25. The minimum absolute atomic E-state index is 0.137. The number of piperidine rings is 1. The minimum atomic E-state index is -3.64. The van der Waals surface area contributed by atoms with Gasteiger partial charge in [0.05, 0.1) is 21.7 Å². The topological polar surface area (TPSA) is 104 Å². The molecule has 2 atom stereocenters. The second-order valence-corrected chi connectivity index (χ2v) is 10.6. The molecular weight excluding hydrogens is 430 g/mol. The zero-order valence-corrected chi connectivity index (χ0v) is 19.0. The number of nitrogens with zero attached hydrogens (tertiary/aromatic N) is 2. The average Bonchev–Trinajstić information content (AvgIpc) is 2.98. The minimum Gasteiger partial charge on any atom is -0.321 e. The summed E-state index contributed by atoms with van der Waals surface area (Å²) >= 11 is 0. The van der Waals surface area contributed by atoms with Gasteiger partial charge in [0.25, 0.3) is 17.7 Å². The van der Waals surface area contributed by atoms with E-state index in [2.05, 4.69) is 5.32 Å². The fraction of sp³-hybridized carbons (Fsp3) is 0.348. The third-order valence-corrected chi connectivity index (χ3v) is 7.80. The number of rotatable bonds is 4. The lowest BCUT2D eigenvalue weighted by molar-refractivity contribution is 0.0693. The molecule has 2 unspecified atom stereocenters. The molecule has 1 saturated heterocycles. The fourth-order valence-electron chi connectivity index (χ4n) is 4.43. The van der Waals surface area contributed by atoms with Crippen LogP contribution in [0.15, 0.2) is 47.4 Å². The SMILES string of the molecule is CC1CC(C)CN(S(=O)(=O)c2ccc(C(=O)Nc3cccc4c3C(=O)N(C)C4=O)cc2)C1. The molecule has 0 aliphatic carbocycles. The van der Waals surface area contributed by atoms with Crippen molar-refractivity contribution in [1.29, 1.82) is 0 Å². The van der Waals surface area contributed by atoms with Gasteiger partial charge in [-0.05, 0) is 54.7 Å². The zero-order valence-electron chi connectivity index (χ0n) is 18.2. The van der Waals surface area contributed by atoms with Gasteiger partial charge in [-0.2, -0.15) is 4.31 Å². The lowest BCUT2D eigenvalue weighted by Gasteiger charge is -2.34. The molecule has 9 heteroatoms. The van der Waals surface area contributed by atoms with Crippen molar-refractivity contribution in [1.82, 2.24) is 9.21 Å². The molecule has 0 aromatic heterocycles. The first-order chi connectivity index (χ1) is 15.1. The number of carbonyl (C=O) groups excluding carboxylic acids is 3. The normalized spacial score (nSPS) is 21.5. The molecule has 2 aromatic carbocycles. The van der Waals surface area contributed by atoms with Gasteiger partial charge in [-0.3, -0.25) is 19.3 Å². The van der Waals surface area contributed by atoms with Gasteiger partial charge in [0.1, 0.15) is 0 Å². The van der Waals surface area contributed by atoms with E-state index in [4.69, 9.17) is 0 Å². The third-order valence-electron chi connectivity index (χ3n) is 5.96. The number of benzene rings is 2. The van der Waals surface area contributed by atoms with Gasteiger partial charge in [0.15, 0.2) is 0 Å². The van der Waals surface area contributed by atoms with E-state index >= 15 is 0 Å². The molecule has 2 aliphatic rings. The number of fused-ring (bicyclic) bond motifs is 1. The Morgan fingerprint density at radius 1 is 0.969 bits per heavy atom. The first kappa shape index (κ1) is 22.2. The molecular formula is C23H25N3O5S. The smallest absolute Gasteiger partial charge is 0.263 e. The van der Waals surface area contributed by atoms with Crippen LogP contribution in [-0.2, 0) is 10.0 Å². The van der Waals surface area contributed by atoms with Crippen LogP contribution in [0.3, 0.4) is 0 Å². The summed E-state index contributed by atoms with van der Waals surface area (Å²) in [4.78, 5) is 38.4. The van der Waals surface area contributed by atoms with E-state index in [-0.39, 0.29) is 27.3 Å². The number of imide groups is 1. The second kappa shape index (κ2) is 8.14. The number of sulfonamides is 1. The summed E-state index contributed by atoms with van der Waals surface area (Å²) < 4.78 is 27.6. The summed E-state index contributed by atoms with van der Waals surface area (Å²) in [6.45, 7) is 5.05. The van der Waals surface area contributed by atoms with Crippen molar-refractivity contribution < 1.29 is 22.8 Å². The highest BCUT2D eigenvalue weighted by atomic mass is 32.2. The Bertz CT molecular complexity index is 1200. The molecule has 1 N–H and O–H groups in total. The highest BCUT2D eigenvalue weighted by Gasteiger charge is 2.35. The van der Waals surface area contributed by atoms with Crippen LogP contribution in [0.25, 0.3) is 0 Å². The summed E-state index contributed by atoms with van der Waals surface area (Å²) in [6, 6.07) is 10.4. The van der Waals surface area contributed by atoms with Crippen molar-refractivity contribution in [3.63, 3.8) is 0 Å². The van der Waals surface area contributed by atoms with Gasteiger partial charge < -0.3 is 5.32 Å². The Morgan fingerprint density at radius 2 is 1.59 bits per heavy atom. The Balaban J connectivity index is 1.54. The Hall–Kier alpha value is -3.04. The largest absolute Gasteiger partial charge is 0.321 e. The number of hydrogen-bond donors (Lipinski definition) is 1. The highest BCUT2D eigenvalue weighted by Crippen LogP contribution is 2.29. The standard InChI is InChI=1S/C23H25N3O5S/c1-14-11-15(2)13-26(12-14)32(30,31)17-9-7-16(8-10-17)21(27)24-19-6-4-5-18-20(19)23(29)25(3)22(18)28/h4-10,14-15H,11-13H2,1-3H3,(H,24,27). The second-order valence-electron chi connectivity index (χ2n) is 8.64. The molecule has 0 saturated carbocycles. The first-order valence-electron chi connectivity index (χ1n) is 10.5. The number of carbonyl (C=O) groups is 3. The number of anilines is 1. The van der Waals surface area contributed by atoms with E-state index in [0.717, 1.165) is 11.3 Å². The van der Waals surface area contributed by atoms with Gasteiger partial charge in [-0.15, -0.1) is 0 Å². The summed E-state index contributed by atoms with van der Waals surface area (Å²) in [5.41, 5.74) is 0.873. The van der Waals surface area contributed by atoms with Crippen LogP contribution in [0.2, 0.25) is 0 Å². The zero-order chi connectivity index (χ0) is 23.2. The van der Waals surface area contributed by atoms with Crippen LogP contribution in [0.1, 0.15) is 51.3 Å². The maximum Gasteiger partial charge on any atom is 0.263 e. The van der Waals surface area contributed by atoms with E-state index in [9.17, 15) is 22.8 Å². The van der Waals surface area contributed by atoms with Crippen LogP contribution < -0.4 is 5.32 Å². The molecule has 1 fully saturated rings. The van der Waals surface area contributed by atoms with Crippen LogP contribution in [0.5, 0.6) is 0 Å². The number of hydrogen-bond acceptors (Lipinski definition) is 5. The van der Waals surface area contributed by atoms with Crippen molar-refractivity contribution >= 4 is 33.4 Å². The van der Waals surface area contributed by atoms with Gasteiger partial charge in [0, 0.05) is 25.7 Å². The highest BCUT2D eigenvalue weighted by molar-refractivity contribution is 7.89. The van der Waals surface area contributed by atoms with E-state index < -0.39 is 27.7 Å². The van der Waals surface area contributed by atoms with Gasteiger partial charge >= 0.3 is 0 Å². The number of nitrogens with one attached hydrogen (secondary N) is 1. The molecule has 0 spiro atoms. The monoisotopic (exact) mass is 455 g/mol. The summed E-state index contributed by atoms with van der Waals surface area (Å²) in [5, 5.41) is 2.66. The first-order valence-corrected chi connectivity index (χ1v) is 11.9. The summed E-state index contributed by atoms with van der Waals surface area (Å²) in [6.07, 6.45) is 0.998. The molecule has 8 nitrogen and oxygen atoms in total. The Kier molecular flexibility index (Phi) is 5.64. The lowest BCUT2D eigenvalue weighted by Crippen LogP contribution is -2.42. The fourth-order valence-corrected chi connectivity index (χ4v) is 6.11. The van der Waals surface area contributed by atoms with Crippen molar-refractivity contribution in [2.75, 3.05) is 25.5 Å². The van der Waals surface area contributed by atoms with E-state index in [0.29, 0.717) is 24.9 Å². The molecule has 2 heterocycles. The average molecular weight is 456 g/mol. The van der Waals surface area contributed by atoms with Crippen LogP contribution in [-0.4, -0.2) is 55.5 Å². The predicted octanol–water partition coefficient (Wildman–Crippen LogP) is 2.83. The predicted molar refractivity (Wildman–Crippen MR) is 119 cm³/mol. The van der Waals surface area contributed by atoms with Crippen molar-refractivity contribution in [3.8, 4) is 0 Å². The van der Waals surface area contributed by atoms with Gasteiger partial charge in [0.2, 0.25) is 10.0 Å². The molecule has 2 aliphatic heterocycles. The van der Waals surface area contributed by atoms with Gasteiger partial charge in [-0.25, -0.2) is 8.42 Å². The Morgan fingerprint density at radius 3 is 2.22 bits per heavy atom.